The Kier molecular flexibility index (Phi) is 5.79. The molecule has 0 N–H and O–H groups in total. The Hall–Kier alpha value is -2.82. The standard InChI is InChI=1S/C22H26N2O3/c1-16-8-9-17(2)18(14-16)15-21(25)23-10-12-24(13-11-23)22(26)19-6-4-5-7-20(19)27-3/h4-9,14H,10-13,15H2,1-3H3. The van der Waals surface area contributed by atoms with Gasteiger partial charge in [0.05, 0.1) is 19.1 Å². The number of ether oxygens (including phenoxy) is 1. The van der Waals surface area contributed by atoms with E-state index in [9.17, 15) is 9.59 Å². The fourth-order valence-corrected chi connectivity index (χ4v) is 3.42. The maximum atomic E-state index is 12.8. The van der Waals surface area contributed by atoms with E-state index in [1.807, 2.05) is 30.9 Å². The first kappa shape index (κ1) is 19.0. The Bertz CT molecular complexity index is 839. The van der Waals surface area contributed by atoms with Crippen LogP contribution in [0.15, 0.2) is 42.5 Å². The van der Waals surface area contributed by atoms with Gasteiger partial charge in [-0.3, -0.25) is 9.59 Å². The molecule has 0 unspecified atom stereocenters. The molecule has 0 aromatic heterocycles. The zero-order chi connectivity index (χ0) is 19.4. The summed E-state index contributed by atoms with van der Waals surface area (Å²) < 4.78 is 5.29. The van der Waals surface area contributed by atoms with E-state index in [0.29, 0.717) is 43.9 Å². The minimum absolute atomic E-state index is 0.0472. The van der Waals surface area contributed by atoms with E-state index in [1.165, 1.54) is 0 Å². The van der Waals surface area contributed by atoms with Crippen molar-refractivity contribution in [3.63, 3.8) is 0 Å². The second-order valence-corrected chi connectivity index (χ2v) is 6.98. The molecule has 2 aromatic carbocycles. The molecule has 2 aromatic rings. The normalized spacial score (nSPS) is 14.2. The van der Waals surface area contributed by atoms with Gasteiger partial charge in [0.25, 0.3) is 5.91 Å². The number of para-hydroxylation sites is 1. The minimum atomic E-state index is -0.0472. The van der Waals surface area contributed by atoms with E-state index in [2.05, 4.69) is 18.2 Å². The highest BCUT2D eigenvalue weighted by atomic mass is 16.5. The molecular formula is C22H26N2O3. The molecular weight excluding hydrogens is 340 g/mol. The van der Waals surface area contributed by atoms with Crippen molar-refractivity contribution in [1.29, 1.82) is 0 Å². The summed E-state index contributed by atoms with van der Waals surface area (Å²) in [4.78, 5) is 29.1. The van der Waals surface area contributed by atoms with Gasteiger partial charge in [0.15, 0.2) is 0 Å². The topological polar surface area (TPSA) is 49.9 Å². The van der Waals surface area contributed by atoms with Gasteiger partial charge in [-0.05, 0) is 37.1 Å². The van der Waals surface area contributed by atoms with E-state index < -0.39 is 0 Å². The molecule has 0 bridgehead atoms. The van der Waals surface area contributed by atoms with E-state index in [-0.39, 0.29) is 11.8 Å². The summed E-state index contributed by atoms with van der Waals surface area (Å²) in [6.45, 7) is 6.27. The van der Waals surface area contributed by atoms with Crippen molar-refractivity contribution in [1.82, 2.24) is 9.80 Å². The highest BCUT2D eigenvalue weighted by Crippen LogP contribution is 2.20. The van der Waals surface area contributed by atoms with Gasteiger partial charge >= 0.3 is 0 Å². The molecule has 1 fully saturated rings. The third-order valence-corrected chi connectivity index (χ3v) is 5.10. The number of hydrogen-bond donors (Lipinski definition) is 0. The minimum Gasteiger partial charge on any atom is -0.496 e. The number of carbonyl (C=O) groups excluding carboxylic acids is 2. The number of amides is 2. The number of rotatable bonds is 4. The Balaban J connectivity index is 1.60. The highest BCUT2D eigenvalue weighted by Gasteiger charge is 2.26. The monoisotopic (exact) mass is 366 g/mol. The Morgan fingerprint density at radius 1 is 0.963 bits per heavy atom. The fourth-order valence-electron chi connectivity index (χ4n) is 3.42. The van der Waals surface area contributed by atoms with Crippen molar-refractivity contribution >= 4 is 11.8 Å². The van der Waals surface area contributed by atoms with Crippen molar-refractivity contribution in [2.75, 3.05) is 33.3 Å². The Morgan fingerprint density at radius 2 is 1.63 bits per heavy atom. The predicted octanol–water partition coefficient (Wildman–Crippen LogP) is 2.84. The second kappa shape index (κ2) is 8.25. The smallest absolute Gasteiger partial charge is 0.257 e. The quantitative estimate of drug-likeness (QED) is 0.836. The number of aryl methyl sites for hydroxylation is 2. The van der Waals surface area contributed by atoms with Crippen molar-refractivity contribution < 1.29 is 14.3 Å². The van der Waals surface area contributed by atoms with Crippen LogP contribution < -0.4 is 4.74 Å². The number of hydrogen-bond acceptors (Lipinski definition) is 3. The van der Waals surface area contributed by atoms with Crippen molar-refractivity contribution in [3.05, 3.63) is 64.7 Å². The van der Waals surface area contributed by atoms with Crippen LogP contribution >= 0.6 is 0 Å². The van der Waals surface area contributed by atoms with Crippen LogP contribution in [0.4, 0.5) is 0 Å². The van der Waals surface area contributed by atoms with Gasteiger partial charge in [0.2, 0.25) is 5.91 Å². The molecule has 0 aliphatic carbocycles. The first-order valence-electron chi connectivity index (χ1n) is 9.26. The summed E-state index contributed by atoms with van der Waals surface area (Å²) in [5.74, 6) is 0.651. The molecule has 3 rings (SSSR count). The number of piperazine rings is 1. The maximum Gasteiger partial charge on any atom is 0.257 e. The van der Waals surface area contributed by atoms with Gasteiger partial charge in [0.1, 0.15) is 5.75 Å². The fraction of sp³-hybridized carbons (Fsp3) is 0.364. The number of carbonyl (C=O) groups is 2. The van der Waals surface area contributed by atoms with Crippen molar-refractivity contribution in [2.24, 2.45) is 0 Å². The predicted molar refractivity (Wildman–Crippen MR) is 105 cm³/mol. The molecule has 1 saturated heterocycles. The third kappa shape index (κ3) is 4.30. The zero-order valence-corrected chi connectivity index (χ0v) is 16.2. The maximum absolute atomic E-state index is 12.8. The van der Waals surface area contributed by atoms with Crippen LogP contribution in [-0.4, -0.2) is 54.9 Å². The Morgan fingerprint density at radius 3 is 2.33 bits per heavy atom. The third-order valence-electron chi connectivity index (χ3n) is 5.10. The van der Waals surface area contributed by atoms with Crippen molar-refractivity contribution in [2.45, 2.75) is 20.3 Å². The largest absolute Gasteiger partial charge is 0.496 e. The van der Waals surface area contributed by atoms with E-state index >= 15 is 0 Å². The molecule has 0 saturated carbocycles. The van der Waals surface area contributed by atoms with Crippen LogP contribution in [0.25, 0.3) is 0 Å². The van der Waals surface area contributed by atoms with Gasteiger partial charge in [-0.2, -0.15) is 0 Å². The molecule has 0 radical (unpaired) electrons. The van der Waals surface area contributed by atoms with Gasteiger partial charge in [0, 0.05) is 26.2 Å². The molecule has 2 amide bonds. The number of benzene rings is 2. The second-order valence-electron chi connectivity index (χ2n) is 6.98. The molecule has 5 nitrogen and oxygen atoms in total. The molecule has 142 valence electrons. The molecule has 1 aliphatic heterocycles. The van der Waals surface area contributed by atoms with Gasteiger partial charge < -0.3 is 14.5 Å². The van der Waals surface area contributed by atoms with Crippen molar-refractivity contribution in [3.8, 4) is 5.75 Å². The summed E-state index contributed by atoms with van der Waals surface area (Å²) in [6.07, 6.45) is 0.411. The lowest BCUT2D eigenvalue weighted by molar-refractivity contribution is -0.131. The SMILES string of the molecule is COc1ccccc1C(=O)N1CCN(C(=O)Cc2cc(C)ccc2C)CC1. The molecule has 1 aliphatic rings. The molecule has 0 atom stereocenters. The molecule has 5 heteroatoms. The molecule has 27 heavy (non-hydrogen) atoms. The van der Waals surface area contributed by atoms with Crippen LogP contribution in [0.3, 0.4) is 0 Å². The van der Waals surface area contributed by atoms with E-state index in [0.717, 1.165) is 16.7 Å². The molecule has 1 heterocycles. The van der Waals surface area contributed by atoms with Crippen LogP contribution in [0.1, 0.15) is 27.0 Å². The van der Waals surface area contributed by atoms with Crippen LogP contribution in [-0.2, 0) is 11.2 Å². The highest BCUT2D eigenvalue weighted by molar-refractivity contribution is 5.97. The van der Waals surface area contributed by atoms with Gasteiger partial charge in [-0.15, -0.1) is 0 Å². The summed E-state index contributed by atoms with van der Waals surface area (Å²) in [5, 5.41) is 0. The van der Waals surface area contributed by atoms with Crippen LogP contribution in [0.2, 0.25) is 0 Å². The zero-order valence-electron chi connectivity index (χ0n) is 16.2. The summed E-state index contributed by atoms with van der Waals surface area (Å²) in [7, 11) is 1.57. The first-order valence-corrected chi connectivity index (χ1v) is 9.26. The van der Waals surface area contributed by atoms with E-state index in [1.54, 1.807) is 24.1 Å². The lowest BCUT2D eigenvalue weighted by Crippen LogP contribution is -2.51. The summed E-state index contributed by atoms with van der Waals surface area (Å²) in [5.41, 5.74) is 3.94. The first-order chi connectivity index (χ1) is 13.0. The number of nitrogens with zero attached hydrogens (tertiary/aromatic N) is 2. The van der Waals surface area contributed by atoms with Crippen LogP contribution in [0, 0.1) is 13.8 Å². The molecule has 0 spiro atoms. The lowest BCUT2D eigenvalue weighted by atomic mass is 10.0. The van der Waals surface area contributed by atoms with Gasteiger partial charge in [-0.25, -0.2) is 0 Å². The average Bonchev–Trinajstić information content (AvgIpc) is 2.70. The lowest BCUT2D eigenvalue weighted by Gasteiger charge is -2.35. The summed E-state index contributed by atoms with van der Waals surface area (Å²) in [6, 6.07) is 13.4. The summed E-state index contributed by atoms with van der Waals surface area (Å²) >= 11 is 0. The van der Waals surface area contributed by atoms with Crippen LogP contribution in [0.5, 0.6) is 5.75 Å². The number of methoxy groups -OCH3 is 1. The van der Waals surface area contributed by atoms with E-state index in [4.69, 9.17) is 4.74 Å². The van der Waals surface area contributed by atoms with Gasteiger partial charge in [-0.1, -0.05) is 35.9 Å². The Labute approximate surface area is 160 Å². The average molecular weight is 366 g/mol.